The standard InChI is InChI=1S/C6H12NO5/c7-6-5(11)4(10)3(9)2(1-8)12-6/h2-11H,1H2/t2-,3+,4+,5-,6?/m1/s1. The second-order valence-corrected chi connectivity index (χ2v) is 2.75. The van der Waals surface area contributed by atoms with Crippen LogP contribution in [0.2, 0.25) is 0 Å². The normalized spacial score (nSPS) is 49.2. The molecule has 1 aliphatic heterocycles. The number of aliphatic hydroxyl groups excluding tert-OH is 4. The summed E-state index contributed by atoms with van der Waals surface area (Å²) in [7, 11) is 0. The molecule has 0 amide bonds. The van der Waals surface area contributed by atoms with Gasteiger partial charge in [-0.15, -0.1) is 0 Å². The van der Waals surface area contributed by atoms with E-state index >= 15 is 0 Å². The zero-order valence-electron chi connectivity index (χ0n) is 6.29. The van der Waals surface area contributed by atoms with E-state index in [0.717, 1.165) is 0 Å². The van der Waals surface area contributed by atoms with E-state index in [2.05, 4.69) is 4.74 Å². The van der Waals surface area contributed by atoms with Crippen molar-refractivity contribution in [1.29, 1.82) is 0 Å². The van der Waals surface area contributed by atoms with Gasteiger partial charge in [0.25, 0.3) is 0 Å². The van der Waals surface area contributed by atoms with Crippen LogP contribution in [-0.2, 0) is 4.74 Å². The summed E-state index contributed by atoms with van der Waals surface area (Å²) in [5.41, 5.74) is 7.08. The Morgan fingerprint density at radius 1 is 1.08 bits per heavy atom. The summed E-state index contributed by atoms with van der Waals surface area (Å²) >= 11 is 0. The molecule has 1 saturated heterocycles. The molecule has 0 bridgehead atoms. The Bertz CT molecular complexity index is 150. The molecule has 0 aromatic heterocycles. The van der Waals surface area contributed by atoms with Gasteiger partial charge in [-0.3, -0.25) is 0 Å². The van der Waals surface area contributed by atoms with Gasteiger partial charge in [-0.25, -0.2) is 5.73 Å². The minimum atomic E-state index is -1.43. The molecule has 1 rings (SSSR count). The van der Waals surface area contributed by atoms with E-state index in [1.54, 1.807) is 0 Å². The molecule has 5 N–H and O–H groups in total. The predicted molar refractivity (Wildman–Crippen MR) is 36.9 cm³/mol. The van der Waals surface area contributed by atoms with Gasteiger partial charge in [0, 0.05) is 0 Å². The lowest BCUT2D eigenvalue weighted by Crippen LogP contribution is -2.58. The van der Waals surface area contributed by atoms with Gasteiger partial charge in [0.05, 0.1) is 6.61 Å². The number of hydrogen-bond acceptors (Lipinski definition) is 5. The highest BCUT2D eigenvalue weighted by Crippen LogP contribution is 2.18. The first-order valence-corrected chi connectivity index (χ1v) is 3.59. The molecule has 0 aliphatic carbocycles. The molecule has 0 aromatic carbocycles. The molecule has 6 nitrogen and oxygen atoms in total. The van der Waals surface area contributed by atoms with Gasteiger partial charge >= 0.3 is 0 Å². The van der Waals surface area contributed by atoms with Crippen LogP contribution >= 0.6 is 0 Å². The highest BCUT2D eigenvalue weighted by Gasteiger charge is 2.41. The second-order valence-electron chi connectivity index (χ2n) is 2.75. The summed E-state index contributed by atoms with van der Waals surface area (Å²) in [5, 5.41) is 35.9. The molecule has 1 aliphatic rings. The lowest BCUT2D eigenvalue weighted by Gasteiger charge is -2.37. The third-order valence-electron chi connectivity index (χ3n) is 1.89. The SMILES string of the molecule is [NH]C1O[C@H](CO)[C@H](O)[C@H](O)[C@H]1O. The molecule has 0 aromatic rings. The van der Waals surface area contributed by atoms with Gasteiger partial charge in [-0.05, 0) is 0 Å². The lowest BCUT2D eigenvalue weighted by molar-refractivity contribution is -0.229. The maximum absolute atomic E-state index is 9.15. The summed E-state index contributed by atoms with van der Waals surface area (Å²) in [6.07, 6.45) is -6.51. The summed E-state index contributed by atoms with van der Waals surface area (Å²) < 4.78 is 4.69. The molecular formula is C6H12NO5. The predicted octanol–water partition coefficient (Wildman–Crippen LogP) is -2.93. The number of nitrogens with one attached hydrogen (secondary N) is 1. The van der Waals surface area contributed by atoms with Crippen molar-refractivity contribution in [3.8, 4) is 0 Å². The summed E-state index contributed by atoms with van der Waals surface area (Å²) in [4.78, 5) is 0. The molecule has 1 unspecified atom stereocenters. The van der Waals surface area contributed by atoms with E-state index < -0.39 is 37.3 Å². The van der Waals surface area contributed by atoms with Crippen LogP contribution in [0.1, 0.15) is 0 Å². The molecule has 0 saturated carbocycles. The number of ether oxygens (including phenoxy) is 1. The Labute approximate surface area is 69.2 Å². The topological polar surface area (TPSA) is 114 Å². The lowest BCUT2D eigenvalue weighted by atomic mass is 9.99. The maximum Gasteiger partial charge on any atom is 0.149 e. The van der Waals surface area contributed by atoms with E-state index in [4.69, 9.17) is 26.2 Å². The highest BCUT2D eigenvalue weighted by molar-refractivity contribution is 4.89. The fourth-order valence-electron chi connectivity index (χ4n) is 1.10. The summed E-state index contributed by atoms with van der Waals surface area (Å²) in [6.45, 7) is -0.486. The monoisotopic (exact) mass is 178 g/mol. The average Bonchev–Trinajstić information content (AvgIpc) is 2.08. The summed E-state index contributed by atoms with van der Waals surface area (Å²) in [6, 6.07) is 0. The molecule has 1 fully saturated rings. The smallest absolute Gasteiger partial charge is 0.149 e. The van der Waals surface area contributed by atoms with Crippen molar-refractivity contribution in [2.24, 2.45) is 0 Å². The van der Waals surface area contributed by atoms with Crippen molar-refractivity contribution in [1.82, 2.24) is 5.73 Å². The van der Waals surface area contributed by atoms with Crippen LogP contribution in [0.25, 0.3) is 0 Å². The molecule has 12 heavy (non-hydrogen) atoms. The minimum Gasteiger partial charge on any atom is -0.394 e. The molecule has 0 spiro atoms. The fourth-order valence-corrected chi connectivity index (χ4v) is 1.10. The zero-order valence-corrected chi connectivity index (χ0v) is 6.29. The van der Waals surface area contributed by atoms with E-state index in [0.29, 0.717) is 0 Å². The van der Waals surface area contributed by atoms with E-state index in [-0.39, 0.29) is 0 Å². The number of rotatable bonds is 1. The van der Waals surface area contributed by atoms with Crippen LogP contribution in [0.5, 0.6) is 0 Å². The Morgan fingerprint density at radius 3 is 2.17 bits per heavy atom. The Balaban J connectivity index is 2.63. The van der Waals surface area contributed by atoms with Crippen molar-refractivity contribution in [3.63, 3.8) is 0 Å². The average molecular weight is 178 g/mol. The van der Waals surface area contributed by atoms with Crippen LogP contribution in [0.3, 0.4) is 0 Å². The molecule has 6 heteroatoms. The first-order chi connectivity index (χ1) is 5.57. The molecule has 5 atom stereocenters. The number of aliphatic hydroxyl groups is 4. The Hall–Kier alpha value is -0.240. The fraction of sp³-hybridized carbons (Fsp3) is 1.00. The van der Waals surface area contributed by atoms with Gasteiger partial charge in [-0.2, -0.15) is 0 Å². The van der Waals surface area contributed by atoms with Crippen LogP contribution in [0.15, 0.2) is 0 Å². The number of hydrogen-bond donors (Lipinski definition) is 4. The Morgan fingerprint density at radius 2 is 1.67 bits per heavy atom. The van der Waals surface area contributed by atoms with Crippen LogP contribution < -0.4 is 5.73 Å². The maximum atomic E-state index is 9.15. The van der Waals surface area contributed by atoms with Crippen molar-refractivity contribution >= 4 is 0 Å². The van der Waals surface area contributed by atoms with Crippen molar-refractivity contribution in [2.45, 2.75) is 30.6 Å². The van der Waals surface area contributed by atoms with Crippen LogP contribution in [0.4, 0.5) is 0 Å². The quantitative estimate of drug-likeness (QED) is 0.343. The van der Waals surface area contributed by atoms with Gasteiger partial charge in [0.2, 0.25) is 0 Å². The van der Waals surface area contributed by atoms with Gasteiger partial charge in [0.15, 0.2) is 0 Å². The minimum absolute atomic E-state index is 0.486. The zero-order chi connectivity index (χ0) is 9.30. The Kier molecular flexibility index (Phi) is 2.99. The molecular weight excluding hydrogens is 166 g/mol. The third kappa shape index (κ3) is 1.58. The summed E-state index contributed by atoms with van der Waals surface area (Å²) in [5.74, 6) is 0. The van der Waals surface area contributed by atoms with Crippen molar-refractivity contribution in [3.05, 3.63) is 0 Å². The molecule has 1 radical (unpaired) electrons. The second kappa shape index (κ2) is 3.65. The van der Waals surface area contributed by atoms with Crippen molar-refractivity contribution in [2.75, 3.05) is 6.61 Å². The molecule has 71 valence electrons. The first kappa shape index (κ1) is 9.85. The third-order valence-corrected chi connectivity index (χ3v) is 1.89. The highest BCUT2D eigenvalue weighted by atomic mass is 16.6. The largest absolute Gasteiger partial charge is 0.394 e. The van der Waals surface area contributed by atoms with E-state index in [1.807, 2.05) is 0 Å². The van der Waals surface area contributed by atoms with E-state index in [9.17, 15) is 0 Å². The van der Waals surface area contributed by atoms with Crippen LogP contribution in [-0.4, -0.2) is 57.7 Å². The molecule has 1 heterocycles. The first-order valence-electron chi connectivity index (χ1n) is 3.59. The van der Waals surface area contributed by atoms with Gasteiger partial charge < -0.3 is 25.2 Å². The van der Waals surface area contributed by atoms with Crippen LogP contribution in [0, 0.1) is 0 Å². The van der Waals surface area contributed by atoms with E-state index in [1.165, 1.54) is 0 Å². The van der Waals surface area contributed by atoms with Gasteiger partial charge in [0.1, 0.15) is 30.6 Å². The van der Waals surface area contributed by atoms with Gasteiger partial charge in [-0.1, -0.05) is 0 Å². The van der Waals surface area contributed by atoms with Crippen molar-refractivity contribution < 1.29 is 25.2 Å².